The number of aromatic nitrogens is 2. The lowest BCUT2D eigenvalue weighted by molar-refractivity contribution is 0.0944. The van der Waals surface area contributed by atoms with Crippen molar-refractivity contribution in [3.05, 3.63) is 83.7 Å². The highest BCUT2D eigenvalue weighted by Crippen LogP contribution is 2.37. The quantitative estimate of drug-likeness (QED) is 0.460. The molecule has 2 aromatic carbocycles. The second-order valence-electron chi connectivity index (χ2n) is 6.37. The number of hydrogen-bond donors (Lipinski definition) is 3. The van der Waals surface area contributed by atoms with Gasteiger partial charge in [-0.05, 0) is 35.9 Å². The zero-order valence-electron chi connectivity index (χ0n) is 15.1. The molecule has 8 nitrogen and oxygen atoms in total. The minimum atomic E-state index is -0.735. The van der Waals surface area contributed by atoms with Gasteiger partial charge in [-0.2, -0.15) is 0 Å². The number of azo groups is 1. The molecule has 4 rings (SSSR count). The molecule has 0 aliphatic carbocycles. The number of aromatic hydroxyl groups is 2. The molecule has 2 aromatic heterocycles. The van der Waals surface area contributed by atoms with Gasteiger partial charge < -0.3 is 15.2 Å². The van der Waals surface area contributed by atoms with Gasteiger partial charge in [0.2, 0.25) is 11.8 Å². The smallest absolute Gasteiger partial charge is 0.311 e. The van der Waals surface area contributed by atoms with Crippen molar-refractivity contribution in [3.63, 3.8) is 0 Å². The first-order valence-electron chi connectivity index (χ1n) is 8.76. The fourth-order valence-corrected chi connectivity index (χ4v) is 3.03. The molecular formula is C21H16N4O4. The first-order valence-corrected chi connectivity index (χ1v) is 8.76. The normalized spacial score (nSPS) is 11.3. The molecule has 0 radical (unpaired) electrons. The van der Waals surface area contributed by atoms with Gasteiger partial charge in [-0.1, -0.05) is 30.3 Å². The second kappa shape index (κ2) is 7.43. The maximum Gasteiger partial charge on any atom is 0.311 e. The Morgan fingerprint density at radius 1 is 0.862 bits per heavy atom. The van der Waals surface area contributed by atoms with Gasteiger partial charge in [-0.25, -0.2) is 0 Å². The molecule has 0 atom stereocenters. The third kappa shape index (κ3) is 3.51. The lowest BCUT2D eigenvalue weighted by Gasteiger charge is -2.06. The number of hydrogen-bond acceptors (Lipinski definition) is 4. The number of benzene rings is 2. The van der Waals surface area contributed by atoms with E-state index in [1.807, 2.05) is 30.3 Å². The fourth-order valence-electron chi connectivity index (χ4n) is 3.03. The molecule has 8 heteroatoms. The maximum atomic E-state index is 12.3. The average molecular weight is 388 g/mol. The van der Waals surface area contributed by atoms with Gasteiger partial charge >= 0.3 is 5.91 Å². The summed E-state index contributed by atoms with van der Waals surface area (Å²) in [6.45, 7) is 0.265. The SMILES string of the molecule is O=C(N=NC(=O)c1ccc[nH]1)c1ccc2c(O)n(Cc3ccccc3)c(O)c2c1. The van der Waals surface area contributed by atoms with Crippen LogP contribution in [0.3, 0.4) is 0 Å². The molecule has 0 unspecified atom stereocenters. The van der Waals surface area contributed by atoms with Gasteiger partial charge in [0.05, 0.1) is 6.54 Å². The van der Waals surface area contributed by atoms with E-state index >= 15 is 0 Å². The standard InChI is InChI=1S/C21H16N4O4/c26-18(23-24-19(27)17-7-4-10-22-17)14-8-9-15-16(11-14)21(29)25(20(15)28)12-13-5-2-1-3-6-13/h1-11,22,28-29H,12H2. The van der Waals surface area contributed by atoms with Crippen molar-refractivity contribution in [1.29, 1.82) is 0 Å². The molecule has 3 N–H and O–H groups in total. The van der Waals surface area contributed by atoms with E-state index in [-0.39, 0.29) is 29.6 Å². The lowest BCUT2D eigenvalue weighted by atomic mass is 10.1. The maximum absolute atomic E-state index is 12.3. The molecule has 0 saturated carbocycles. The number of nitrogens with zero attached hydrogens (tertiary/aromatic N) is 3. The Balaban J connectivity index is 1.63. The Kier molecular flexibility index (Phi) is 4.66. The number of amides is 2. The molecule has 0 spiro atoms. The largest absolute Gasteiger partial charge is 0.494 e. The summed E-state index contributed by atoms with van der Waals surface area (Å²) < 4.78 is 1.35. The topological polar surface area (TPSA) is 120 Å². The van der Waals surface area contributed by atoms with Crippen LogP contribution in [0, 0.1) is 0 Å². The zero-order valence-corrected chi connectivity index (χ0v) is 15.1. The molecule has 2 heterocycles. The van der Waals surface area contributed by atoms with Crippen LogP contribution in [0.15, 0.2) is 77.1 Å². The molecule has 0 aliphatic heterocycles. The van der Waals surface area contributed by atoms with E-state index in [9.17, 15) is 19.8 Å². The van der Waals surface area contributed by atoms with Crippen LogP contribution in [0.5, 0.6) is 11.8 Å². The third-order valence-electron chi connectivity index (χ3n) is 4.50. The summed E-state index contributed by atoms with van der Waals surface area (Å²) in [6.07, 6.45) is 1.56. The minimum Gasteiger partial charge on any atom is -0.494 e. The highest BCUT2D eigenvalue weighted by Gasteiger charge is 2.18. The van der Waals surface area contributed by atoms with E-state index < -0.39 is 11.8 Å². The van der Waals surface area contributed by atoms with Crippen LogP contribution >= 0.6 is 0 Å². The summed E-state index contributed by atoms with van der Waals surface area (Å²) in [5.74, 6) is -1.68. The van der Waals surface area contributed by atoms with E-state index in [0.717, 1.165) is 5.56 Å². The van der Waals surface area contributed by atoms with E-state index in [1.165, 1.54) is 28.8 Å². The molecule has 29 heavy (non-hydrogen) atoms. The molecule has 144 valence electrons. The number of nitrogens with one attached hydrogen (secondary N) is 1. The number of rotatable bonds is 4. The van der Waals surface area contributed by atoms with Crippen molar-refractivity contribution in [1.82, 2.24) is 9.55 Å². The van der Waals surface area contributed by atoms with Crippen LogP contribution < -0.4 is 0 Å². The Bertz CT molecular complexity index is 1220. The molecule has 0 aliphatic rings. The van der Waals surface area contributed by atoms with Crippen LogP contribution in [0.2, 0.25) is 0 Å². The first-order chi connectivity index (χ1) is 14.0. The number of H-pyrrole nitrogens is 1. The van der Waals surface area contributed by atoms with E-state index in [1.54, 1.807) is 12.3 Å². The zero-order chi connectivity index (χ0) is 20.4. The summed E-state index contributed by atoms with van der Waals surface area (Å²) in [6, 6.07) is 16.9. The number of carbonyl (C=O) groups excluding carboxylic acids is 2. The van der Waals surface area contributed by atoms with Crippen molar-refractivity contribution in [3.8, 4) is 11.8 Å². The van der Waals surface area contributed by atoms with E-state index in [0.29, 0.717) is 10.8 Å². The van der Waals surface area contributed by atoms with Gasteiger partial charge in [0, 0.05) is 22.5 Å². The van der Waals surface area contributed by atoms with Crippen LogP contribution in [0.4, 0.5) is 0 Å². The van der Waals surface area contributed by atoms with Crippen molar-refractivity contribution >= 4 is 22.6 Å². The Hall–Kier alpha value is -4.20. The van der Waals surface area contributed by atoms with Gasteiger partial charge in [-0.3, -0.25) is 14.2 Å². The van der Waals surface area contributed by atoms with Gasteiger partial charge in [-0.15, -0.1) is 10.2 Å². The summed E-state index contributed by atoms with van der Waals surface area (Å²) in [4.78, 5) is 26.8. The van der Waals surface area contributed by atoms with Crippen molar-refractivity contribution in [2.75, 3.05) is 0 Å². The highest BCUT2D eigenvalue weighted by atomic mass is 16.3. The summed E-state index contributed by atoms with van der Waals surface area (Å²) >= 11 is 0. The fraction of sp³-hybridized carbons (Fsp3) is 0.0476. The van der Waals surface area contributed by atoms with Gasteiger partial charge in [0.1, 0.15) is 5.69 Å². The van der Waals surface area contributed by atoms with Gasteiger partial charge in [0.15, 0.2) is 0 Å². The van der Waals surface area contributed by atoms with Crippen molar-refractivity contribution < 1.29 is 19.8 Å². The lowest BCUT2D eigenvalue weighted by Crippen LogP contribution is -1.98. The molecule has 0 saturated heterocycles. The van der Waals surface area contributed by atoms with Crippen LogP contribution in [-0.4, -0.2) is 31.6 Å². The van der Waals surface area contributed by atoms with Crippen LogP contribution in [-0.2, 0) is 6.54 Å². The van der Waals surface area contributed by atoms with Crippen molar-refractivity contribution in [2.45, 2.75) is 6.54 Å². The molecule has 0 bridgehead atoms. The Morgan fingerprint density at radius 2 is 1.59 bits per heavy atom. The Labute approximate surface area is 164 Å². The molecule has 0 fully saturated rings. The van der Waals surface area contributed by atoms with E-state index in [4.69, 9.17) is 0 Å². The van der Waals surface area contributed by atoms with Crippen LogP contribution in [0.25, 0.3) is 10.8 Å². The predicted octanol–water partition coefficient (Wildman–Crippen LogP) is 3.86. The number of carbonyl (C=O) groups is 2. The predicted molar refractivity (Wildman–Crippen MR) is 105 cm³/mol. The summed E-state index contributed by atoms with van der Waals surface area (Å²) in [5.41, 5.74) is 1.25. The molecule has 4 aromatic rings. The molecular weight excluding hydrogens is 372 g/mol. The van der Waals surface area contributed by atoms with Gasteiger partial charge in [0.25, 0.3) is 5.91 Å². The minimum absolute atomic E-state index is 0.107. The summed E-state index contributed by atoms with van der Waals surface area (Å²) in [7, 11) is 0. The monoisotopic (exact) mass is 388 g/mol. The van der Waals surface area contributed by atoms with Crippen LogP contribution in [0.1, 0.15) is 26.4 Å². The Morgan fingerprint density at radius 3 is 2.31 bits per heavy atom. The number of fused-ring (bicyclic) bond motifs is 1. The van der Waals surface area contributed by atoms with Crippen molar-refractivity contribution in [2.24, 2.45) is 10.2 Å². The third-order valence-corrected chi connectivity index (χ3v) is 4.50. The average Bonchev–Trinajstić information content (AvgIpc) is 3.36. The number of aromatic amines is 1. The first kappa shape index (κ1) is 18.2. The van der Waals surface area contributed by atoms with E-state index in [2.05, 4.69) is 15.2 Å². The second-order valence-corrected chi connectivity index (χ2v) is 6.37. The molecule has 2 amide bonds. The summed E-state index contributed by atoms with van der Waals surface area (Å²) in [5, 5.41) is 28.6. The highest BCUT2D eigenvalue weighted by molar-refractivity contribution is 6.03.